The van der Waals surface area contributed by atoms with Crippen molar-refractivity contribution < 1.29 is 19.1 Å². The van der Waals surface area contributed by atoms with Crippen molar-refractivity contribution in [1.29, 1.82) is 0 Å². The van der Waals surface area contributed by atoms with Gasteiger partial charge in [-0.1, -0.05) is 32.1 Å². The normalized spacial score (nSPS) is 19.0. The molecule has 0 bridgehead atoms. The Hall–Kier alpha value is -3.16. The number of aromatic nitrogens is 2. The van der Waals surface area contributed by atoms with Crippen LogP contribution in [0.2, 0.25) is 0 Å². The van der Waals surface area contributed by atoms with Crippen LogP contribution in [0.3, 0.4) is 0 Å². The number of piperazine rings is 1. The summed E-state index contributed by atoms with van der Waals surface area (Å²) in [5, 5.41) is 0. The first kappa shape index (κ1) is 26.9. The summed E-state index contributed by atoms with van der Waals surface area (Å²) in [5.41, 5.74) is 2.63. The number of methoxy groups -OCH3 is 1. The number of ether oxygens (including phenoxy) is 2. The average Bonchev–Trinajstić information content (AvgIpc) is 2.87. The first-order valence-corrected chi connectivity index (χ1v) is 13.4. The zero-order chi connectivity index (χ0) is 26.6. The molecule has 2 aliphatic rings. The third-order valence-corrected chi connectivity index (χ3v) is 7.15. The number of hydrogen-bond acceptors (Lipinski definition) is 7. The summed E-state index contributed by atoms with van der Waals surface area (Å²) >= 11 is 0. The zero-order valence-electron chi connectivity index (χ0n) is 22.8. The molecule has 1 saturated heterocycles. The largest absolute Gasteiger partial charge is 0.465 e. The van der Waals surface area contributed by atoms with E-state index in [1.807, 2.05) is 40.0 Å². The fourth-order valence-corrected chi connectivity index (χ4v) is 5.26. The van der Waals surface area contributed by atoms with E-state index in [2.05, 4.69) is 16.0 Å². The van der Waals surface area contributed by atoms with E-state index in [1.165, 1.54) is 39.2 Å². The van der Waals surface area contributed by atoms with Gasteiger partial charge in [-0.15, -0.1) is 0 Å². The molecule has 1 atom stereocenters. The van der Waals surface area contributed by atoms with Gasteiger partial charge in [-0.25, -0.2) is 14.6 Å². The first-order chi connectivity index (χ1) is 17.6. The van der Waals surface area contributed by atoms with Gasteiger partial charge in [-0.2, -0.15) is 0 Å². The van der Waals surface area contributed by atoms with Gasteiger partial charge < -0.3 is 19.3 Å². The van der Waals surface area contributed by atoms with Gasteiger partial charge in [0.05, 0.1) is 18.4 Å². The smallest absolute Gasteiger partial charge is 0.410 e. The van der Waals surface area contributed by atoms with Crippen LogP contribution >= 0.6 is 0 Å². The lowest BCUT2D eigenvalue weighted by Crippen LogP contribution is -2.55. The molecule has 0 N–H and O–H groups in total. The number of carbonyl (C=O) groups excluding carboxylic acids is 2. The standard InChI is InChI=1S/C29H40N4O4/c1-20-19-32(13-14-33(20)28(35)37-29(2,3)4)26-18-23(27(34)36-5)17-25(31-26)22-11-12-30-24(16-22)15-21-9-7-6-8-10-21/h11-12,16-18,20-21H,6-10,13-15,19H2,1-5H3/t20-/m1/s1. The second-order valence-electron chi connectivity index (χ2n) is 11.3. The summed E-state index contributed by atoms with van der Waals surface area (Å²) in [6, 6.07) is 7.54. The van der Waals surface area contributed by atoms with Gasteiger partial charge in [0.15, 0.2) is 0 Å². The fourth-order valence-electron chi connectivity index (χ4n) is 5.26. The van der Waals surface area contributed by atoms with Crippen molar-refractivity contribution in [3.8, 4) is 11.3 Å². The van der Waals surface area contributed by atoms with Gasteiger partial charge in [0, 0.05) is 43.1 Å². The third kappa shape index (κ3) is 6.99. The molecule has 8 heteroatoms. The van der Waals surface area contributed by atoms with Crippen molar-refractivity contribution in [1.82, 2.24) is 14.9 Å². The minimum absolute atomic E-state index is 0.0707. The number of rotatable bonds is 5. The number of anilines is 1. The summed E-state index contributed by atoms with van der Waals surface area (Å²) < 4.78 is 10.6. The van der Waals surface area contributed by atoms with E-state index in [0.717, 1.165) is 17.7 Å². The molecule has 0 radical (unpaired) electrons. The maximum absolute atomic E-state index is 12.7. The molecule has 1 aliphatic carbocycles. The third-order valence-electron chi connectivity index (χ3n) is 7.15. The lowest BCUT2D eigenvalue weighted by molar-refractivity contribution is 0.0158. The minimum Gasteiger partial charge on any atom is -0.465 e. The molecule has 3 heterocycles. The van der Waals surface area contributed by atoms with Crippen molar-refractivity contribution in [3.63, 3.8) is 0 Å². The Bertz CT molecular complexity index is 1110. The number of pyridine rings is 2. The van der Waals surface area contributed by atoms with Crippen LogP contribution in [0.25, 0.3) is 11.3 Å². The van der Waals surface area contributed by atoms with E-state index in [0.29, 0.717) is 42.6 Å². The van der Waals surface area contributed by atoms with E-state index in [1.54, 1.807) is 17.0 Å². The Morgan fingerprint density at radius 2 is 1.84 bits per heavy atom. The Kier molecular flexibility index (Phi) is 8.35. The lowest BCUT2D eigenvalue weighted by atomic mass is 9.86. The molecule has 4 rings (SSSR count). The maximum atomic E-state index is 12.7. The quantitative estimate of drug-likeness (QED) is 0.493. The molecule has 2 aromatic heterocycles. The number of amides is 1. The second-order valence-corrected chi connectivity index (χ2v) is 11.3. The molecule has 8 nitrogen and oxygen atoms in total. The highest BCUT2D eigenvalue weighted by Gasteiger charge is 2.31. The minimum atomic E-state index is -0.542. The van der Waals surface area contributed by atoms with Crippen molar-refractivity contribution >= 4 is 17.9 Å². The van der Waals surface area contributed by atoms with E-state index < -0.39 is 11.6 Å². The second kappa shape index (κ2) is 11.5. The zero-order valence-corrected chi connectivity index (χ0v) is 22.8. The van der Waals surface area contributed by atoms with E-state index >= 15 is 0 Å². The van der Waals surface area contributed by atoms with Crippen molar-refractivity contribution in [3.05, 3.63) is 41.7 Å². The number of esters is 1. The van der Waals surface area contributed by atoms with Crippen LogP contribution in [0.1, 0.15) is 75.9 Å². The van der Waals surface area contributed by atoms with Crippen molar-refractivity contribution in [2.24, 2.45) is 5.92 Å². The van der Waals surface area contributed by atoms with Crippen LogP contribution in [0.15, 0.2) is 30.5 Å². The molecule has 37 heavy (non-hydrogen) atoms. The summed E-state index contributed by atoms with van der Waals surface area (Å²) in [5.74, 6) is 0.977. The van der Waals surface area contributed by atoms with Crippen LogP contribution in [-0.4, -0.2) is 65.3 Å². The monoisotopic (exact) mass is 508 g/mol. The number of nitrogens with zero attached hydrogens (tertiary/aromatic N) is 4. The highest BCUT2D eigenvalue weighted by molar-refractivity contribution is 5.91. The van der Waals surface area contributed by atoms with Crippen LogP contribution in [0.4, 0.5) is 10.6 Å². The SMILES string of the molecule is COC(=O)c1cc(-c2ccnc(CC3CCCCC3)c2)nc(N2CCN(C(=O)OC(C)(C)C)[C@H](C)C2)c1. The summed E-state index contributed by atoms with van der Waals surface area (Å²) in [7, 11) is 1.39. The molecular weight excluding hydrogens is 468 g/mol. The Morgan fingerprint density at radius 3 is 2.51 bits per heavy atom. The predicted octanol–water partition coefficient (Wildman–Crippen LogP) is 5.50. The Labute approximate surface area is 220 Å². The molecule has 2 aromatic rings. The Morgan fingerprint density at radius 1 is 1.08 bits per heavy atom. The first-order valence-electron chi connectivity index (χ1n) is 13.4. The topological polar surface area (TPSA) is 84.9 Å². The molecule has 1 saturated carbocycles. The van der Waals surface area contributed by atoms with Crippen LogP contribution in [-0.2, 0) is 15.9 Å². The molecule has 1 amide bonds. The van der Waals surface area contributed by atoms with Gasteiger partial charge in [0.25, 0.3) is 0 Å². The van der Waals surface area contributed by atoms with Gasteiger partial charge in [-0.05, 0) is 64.3 Å². The van der Waals surface area contributed by atoms with Gasteiger partial charge in [0.2, 0.25) is 0 Å². The van der Waals surface area contributed by atoms with Crippen LogP contribution in [0.5, 0.6) is 0 Å². The average molecular weight is 509 g/mol. The van der Waals surface area contributed by atoms with E-state index in [9.17, 15) is 9.59 Å². The van der Waals surface area contributed by atoms with Gasteiger partial charge >= 0.3 is 12.1 Å². The highest BCUT2D eigenvalue weighted by atomic mass is 16.6. The molecule has 2 fully saturated rings. The van der Waals surface area contributed by atoms with Crippen molar-refractivity contribution in [2.45, 2.75) is 77.9 Å². The molecule has 200 valence electrons. The summed E-state index contributed by atoms with van der Waals surface area (Å²) in [4.78, 5) is 38.7. The molecular formula is C29H40N4O4. The van der Waals surface area contributed by atoms with Crippen molar-refractivity contribution in [2.75, 3.05) is 31.6 Å². The Balaban J connectivity index is 1.57. The summed E-state index contributed by atoms with van der Waals surface area (Å²) in [6.07, 6.45) is 8.97. The van der Waals surface area contributed by atoms with Crippen LogP contribution in [0, 0.1) is 5.92 Å². The van der Waals surface area contributed by atoms with Crippen LogP contribution < -0.4 is 4.90 Å². The highest BCUT2D eigenvalue weighted by Crippen LogP contribution is 2.29. The van der Waals surface area contributed by atoms with Gasteiger partial charge in [0.1, 0.15) is 11.4 Å². The molecule has 0 aromatic carbocycles. The number of hydrogen-bond donors (Lipinski definition) is 0. The van der Waals surface area contributed by atoms with E-state index in [-0.39, 0.29) is 12.1 Å². The molecule has 1 aliphatic heterocycles. The van der Waals surface area contributed by atoms with Gasteiger partial charge in [-0.3, -0.25) is 4.98 Å². The maximum Gasteiger partial charge on any atom is 0.410 e. The summed E-state index contributed by atoms with van der Waals surface area (Å²) in [6.45, 7) is 9.29. The fraction of sp³-hybridized carbons (Fsp3) is 0.586. The molecule has 0 spiro atoms. The number of carbonyl (C=O) groups is 2. The van der Waals surface area contributed by atoms with E-state index in [4.69, 9.17) is 14.5 Å². The molecule has 0 unspecified atom stereocenters. The lowest BCUT2D eigenvalue weighted by Gasteiger charge is -2.40. The predicted molar refractivity (Wildman–Crippen MR) is 144 cm³/mol.